The molecule has 1 aromatic carbocycles. The summed E-state index contributed by atoms with van der Waals surface area (Å²) in [7, 11) is 0. The summed E-state index contributed by atoms with van der Waals surface area (Å²) in [6.07, 6.45) is -0.386. The molecule has 0 aromatic heterocycles. The molecule has 1 aliphatic rings. The number of halogens is 4. The number of amidine groups is 1. The molecule has 7 heteroatoms. The fourth-order valence-corrected chi connectivity index (χ4v) is 2.70. The number of hydrogen-bond donors (Lipinski definition) is 0. The number of likely N-dealkylation sites (tertiary alicyclic amines) is 1. The summed E-state index contributed by atoms with van der Waals surface area (Å²) >= 11 is 1.39. The van der Waals surface area contributed by atoms with E-state index in [0.717, 1.165) is 32.0 Å². The van der Waals surface area contributed by atoms with E-state index in [9.17, 15) is 13.2 Å². The van der Waals surface area contributed by atoms with E-state index in [-0.39, 0.29) is 29.7 Å². The van der Waals surface area contributed by atoms with Crippen LogP contribution in [0.2, 0.25) is 0 Å². The molecule has 2 nitrogen and oxygen atoms in total. The topological polar surface area (TPSA) is 15.6 Å². The van der Waals surface area contributed by atoms with E-state index in [4.69, 9.17) is 0 Å². The summed E-state index contributed by atoms with van der Waals surface area (Å²) in [5.74, 6) is 0. The standard InChI is InChI=1S/C13H15F3N2S.HI/c1-19-12(18-8-4-5-9-18)17-11-7-3-2-6-10(11)13(14,15)16;/h2-3,6-7H,4-5,8-9H2,1H3;1H/p-1. The Balaban J connectivity index is 0.00000200. The van der Waals surface area contributed by atoms with Crippen molar-refractivity contribution in [2.45, 2.75) is 19.0 Å². The van der Waals surface area contributed by atoms with Crippen LogP contribution in [0.3, 0.4) is 0 Å². The Morgan fingerprint density at radius 2 is 1.80 bits per heavy atom. The molecule has 1 fully saturated rings. The van der Waals surface area contributed by atoms with Gasteiger partial charge < -0.3 is 28.9 Å². The van der Waals surface area contributed by atoms with Gasteiger partial charge in [0.05, 0.1) is 11.3 Å². The van der Waals surface area contributed by atoms with Crippen LogP contribution in [0.5, 0.6) is 0 Å². The average Bonchev–Trinajstić information content (AvgIpc) is 2.89. The lowest BCUT2D eigenvalue weighted by atomic mass is 10.2. The predicted molar refractivity (Wildman–Crippen MR) is 72.9 cm³/mol. The predicted octanol–water partition coefficient (Wildman–Crippen LogP) is 1.16. The second-order valence-corrected chi connectivity index (χ2v) is 5.08. The van der Waals surface area contributed by atoms with Crippen molar-refractivity contribution in [2.75, 3.05) is 19.3 Å². The number of rotatable bonds is 1. The van der Waals surface area contributed by atoms with Crippen LogP contribution in [0.25, 0.3) is 0 Å². The molecule has 1 aliphatic heterocycles. The third-order valence-corrected chi connectivity index (χ3v) is 3.70. The van der Waals surface area contributed by atoms with Crippen molar-refractivity contribution in [1.29, 1.82) is 0 Å². The van der Waals surface area contributed by atoms with Gasteiger partial charge in [0.15, 0.2) is 5.17 Å². The van der Waals surface area contributed by atoms with E-state index < -0.39 is 11.7 Å². The number of hydrogen-bond acceptors (Lipinski definition) is 2. The van der Waals surface area contributed by atoms with Crippen LogP contribution in [0, 0.1) is 0 Å². The van der Waals surface area contributed by atoms with Crippen LogP contribution in [0.15, 0.2) is 29.3 Å². The zero-order valence-electron chi connectivity index (χ0n) is 11.0. The summed E-state index contributed by atoms with van der Waals surface area (Å²) in [5.41, 5.74) is -0.688. The second-order valence-electron chi connectivity index (χ2n) is 4.31. The highest BCUT2D eigenvalue weighted by molar-refractivity contribution is 8.13. The van der Waals surface area contributed by atoms with Gasteiger partial charge in [0, 0.05) is 13.1 Å². The Morgan fingerprint density at radius 3 is 2.35 bits per heavy atom. The molecule has 1 saturated heterocycles. The molecular formula is C13H15F3IN2S-. The fourth-order valence-electron chi connectivity index (χ4n) is 2.07. The molecule has 1 aromatic rings. The number of benzene rings is 1. The zero-order chi connectivity index (χ0) is 13.9. The van der Waals surface area contributed by atoms with Gasteiger partial charge in [-0.3, -0.25) is 0 Å². The van der Waals surface area contributed by atoms with Gasteiger partial charge in [-0.05, 0) is 31.2 Å². The molecule has 0 unspecified atom stereocenters. The lowest BCUT2D eigenvalue weighted by Gasteiger charge is -2.19. The SMILES string of the molecule is CSC(=Nc1ccccc1C(F)(F)F)N1CCCC1.[I-]. The van der Waals surface area contributed by atoms with Crippen molar-refractivity contribution < 1.29 is 37.1 Å². The monoisotopic (exact) mass is 415 g/mol. The molecule has 112 valence electrons. The van der Waals surface area contributed by atoms with Crippen molar-refractivity contribution in [3.8, 4) is 0 Å². The minimum atomic E-state index is -4.37. The van der Waals surface area contributed by atoms with E-state index in [1.165, 1.54) is 23.9 Å². The minimum Gasteiger partial charge on any atom is -1.00 e. The molecule has 1 heterocycles. The first-order valence-electron chi connectivity index (χ1n) is 6.06. The number of para-hydroxylation sites is 1. The van der Waals surface area contributed by atoms with Gasteiger partial charge in [0.2, 0.25) is 0 Å². The molecule has 0 aliphatic carbocycles. The Kier molecular flexibility index (Phi) is 6.63. The van der Waals surface area contributed by atoms with E-state index >= 15 is 0 Å². The third kappa shape index (κ3) is 4.28. The maximum absolute atomic E-state index is 12.9. The Labute approximate surface area is 137 Å². The summed E-state index contributed by atoms with van der Waals surface area (Å²) in [4.78, 5) is 6.25. The minimum absolute atomic E-state index is 0. The van der Waals surface area contributed by atoms with E-state index in [1.807, 2.05) is 11.2 Å². The molecule has 2 rings (SSSR count). The van der Waals surface area contributed by atoms with Gasteiger partial charge in [0.1, 0.15) is 0 Å². The highest BCUT2D eigenvalue weighted by Gasteiger charge is 2.33. The first kappa shape index (κ1) is 17.6. The molecule has 0 atom stereocenters. The third-order valence-electron chi connectivity index (χ3n) is 2.98. The lowest BCUT2D eigenvalue weighted by Crippen LogP contribution is -3.00. The van der Waals surface area contributed by atoms with Crippen molar-refractivity contribution in [1.82, 2.24) is 4.90 Å². The first-order chi connectivity index (χ1) is 9.02. The summed E-state index contributed by atoms with van der Waals surface area (Å²) < 4.78 is 38.7. The van der Waals surface area contributed by atoms with Gasteiger partial charge in [-0.1, -0.05) is 23.9 Å². The Bertz CT molecular complexity index is 471. The van der Waals surface area contributed by atoms with Gasteiger partial charge in [0.25, 0.3) is 0 Å². The smallest absolute Gasteiger partial charge is 0.418 e. The maximum atomic E-state index is 12.9. The van der Waals surface area contributed by atoms with Crippen LogP contribution in [0.4, 0.5) is 18.9 Å². The van der Waals surface area contributed by atoms with Crippen molar-refractivity contribution in [3.05, 3.63) is 29.8 Å². The Morgan fingerprint density at radius 1 is 1.20 bits per heavy atom. The summed E-state index contributed by atoms with van der Waals surface area (Å²) in [6.45, 7) is 1.74. The number of nitrogens with zero attached hydrogens (tertiary/aromatic N) is 2. The van der Waals surface area contributed by atoms with Crippen LogP contribution in [-0.4, -0.2) is 29.4 Å². The molecule has 0 radical (unpaired) electrons. The summed E-state index contributed by atoms with van der Waals surface area (Å²) in [6, 6.07) is 5.45. The molecule has 0 spiro atoms. The van der Waals surface area contributed by atoms with E-state index in [2.05, 4.69) is 4.99 Å². The normalized spacial score (nSPS) is 16.2. The molecule has 0 N–H and O–H groups in total. The molecule has 20 heavy (non-hydrogen) atoms. The van der Waals surface area contributed by atoms with Crippen molar-refractivity contribution >= 4 is 22.6 Å². The largest absolute Gasteiger partial charge is 1.00 e. The average molecular weight is 415 g/mol. The van der Waals surface area contributed by atoms with E-state index in [1.54, 1.807) is 6.07 Å². The number of aliphatic imine (C=N–C) groups is 1. The highest BCUT2D eigenvalue weighted by Crippen LogP contribution is 2.36. The molecular weight excluding hydrogens is 400 g/mol. The maximum Gasteiger partial charge on any atom is 0.418 e. The van der Waals surface area contributed by atoms with Gasteiger partial charge >= 0.3 is 6.18 Å². The number of alkyl halides is 3. The molecule has 0 amide bonds. The Hall–Kier alpha value is -0.440. The van der Waals surface area contributed by atoms with Crippen LogP contribution in [-0.2, 0) is 6.18 Å². The van der Waals surface area contributed by atoms with Crippen molar-refractivity contribution in [2.24, 2.45) is 4.99 Å². The number of thioether (sulfide) groups is 1. The van der Waals surface area contributed by atoms with Crippen LogP contribution in [0.1, 0.15) is 18.4 Å². The van der Waals surface area contributed by atoms with Crippen molar-refractivity contribution in [3.63, 3.8) is 0 Å². The quantitative estimate of drug-likeness (QED) is 0.389. The highest BCUT2D eigenvalue weighted by atomic mass is 127. The van der Waals surface area contributed by atoms with Gasteiger partial charge in [-0.25, -0.2) is 4.99 Å². The zero-order valence-corrected chi connectivity index (χ0v) is 13.9. The summed E-state index contributed by atoms with van der Waals surface area (Å²) in [5, 5.41) is 0.661. The van der Waals surface area contributed by atoms with E-state index in [0.29, 0.717) is 5.17 Å². The van der Waals surface area contributed by atoms with Gasteiger partial charge in [-0.15, -0.1) is 0 Å². The van der Waals surface area contributed by atoms with Gasteiger partial charge in [-0.2, -0.15) is 13.2 Å². The first-order valence-corrected chi connectivity index (χ1v) is 7.28. The fraction of sp³-hybridized carbons (Fsp3) is 0.462. The molecule has 0 saturated carbocycles. The van der Waals surface area contributed by atoms with Crippen LogP contribution < -0.4 is 24.0 Å². The van der Waals surface area contributed by atoms with Crippen LogP contribution >= 0.6 is 11.8 Å². The second kappa shape index (κ2) is 7.53. The molecule has 0 bridgehead atoms. The lowest BCUT2D eigenvalue weighted by molar-refractivity contribution is -0.137.